The van der Waals surface area contributed by atoms with Crippen LogP contribution >= 0.6 is 11.6 Å². The molecule has 1 aliphatic heterocycles. The third-order valence-electron chi connectivity index (χ3n) is 4.16. The highest BCUT2D eigenvalue weighted by atomic mass is 35.5. The first-order valence-corrected chi connectivity index (χ1v) is 8.53. The molecule has 0 aliphatic carbocycles. The van der Waals surface area contributed by atoms with Gasteiger partial charge < -0.3 is 14.4 Å². The van der Waals surface area contributed by atoms with Gasteiger partial charge in [-0.05, 0) is 25.1 Å². The number of aryl methyl sites for hydroxylation is 1. The molecule has 7 heteroatoms. The molecule has 1 aromatic heterocycles. The molecule has 2 aromatic rings. The average Bonchev–Trinajstić information content (AvgIpc) is 2.62. The second-order valence-corrected chi connectivity index (χ2v) is 6.33. The summed E-state index contributed by atoms with van der Waals surface area (Å²) >= 11 is 6.02. The van der Waals surface area contributed by atoms with Crippen molar-refractivity contribution in [1.82, 2.24) is 14.9 Å². The topological polar surface area (TPSA) is 64.5 Å². The van der Waals surface area contributed by atoms with Crippen LogP contribution in [0.2, 0.25) is 5.02 Å². The number of carbonyl (C=O) groups is 1. The van der Waals surface area contributed by atoms with Gasteiger partial charge in [0.15, 0.2) is 0 Å². The van der Waals surface area contributed by atoms with Gasteiger partial charge in [0.05, 0.1) is 12.7 Å². The highest BCUT2D eigenvalue weighted by molar-refractivity contribution is 6.31. The van der Waals surface area contributed by atoms with Crippen LogP contribution in [0.3, 0.4) is 0 Å². The maximum atomic E-state index is 12.8. The molecule has 0 N–H and O–H groups in total. The molecule has 0 spiro atoms. The average molecular weight is 362 g/mol. The molecule has 0 saturated carbocycles. The van der Waals surface area contributed by atoms with E-state index in [-0.39, 0.29) is 12.0 Å². The Bertz CT molecular complexity index is 761. The number of rotatable bonds is 4. The van der Waals surface area contributed by atoms with Gasteiger partial charge in [-0.3, -0.25) is 4.79 Å². The van der Waals surface area contributed by atoms with Gasteiger partial charge in [0, 0.05) is 43.2 Å². The quantitative estimate of drug-likeness (QED) is 0.837. The van der Waals surface area contributed by atoms with Crippen LogP contribution < -0.4 is 9.47 Å². The zero-order valence-corrected chi connectivity index (χ0v) is 15.0. The fourth-order valence-electron chi connectivity index (χ4n) is 2.87. The van der Waals surface area contributed by atoms with Crippen molar-refractivity contribution in [3.05, 3.63) is 46.9 Å². The number of benzene rings is 1. The SMILES string of the molecule is COc1ccc(Cl)cc1C(=O)N1CCC(Oc2ccnc(C)n2)CC1. The minimum absolute atomic E-state index is 0.0413. The Morgan fingerprint density at radius 3 is 2.72 bits per heavy atom. The van der Waals surface area contributed by atoms with Gasteiger partial charge in [-0.1, -0.05) is 11.6 Å². The number of hydrogen-bond donors (Lipinski definition) is 0. The standard InChI is InChI=1S/C18H20ClN3O3/c1-12-20-8-5-17(21-12)25-14-6-9-22(10-7-14)18(23)15-11-13(19)3-4-16(15)24-2/h3-5,8,11,14H,6-7,9-10H2,1-2H3. The van der Waals surface area contributed by atoms with E-state index < -0.39 is 0 Å². The van der Waals surface area contributed by atoms with Crippen LogP contribution in [0, 0.1) is 6.92 Å². The van der Waals surface area contributed by atoms with Crippen molar-refractivity contribution in [2.24, 2.45) is 0 Å². The molecule has 1 aromatic carbocycles. The summed E-state index contributed by atoms with van der Waals surface area (Å²) in [6.45, 7) is 3.05. The van der Waals surface area contributed by atoms with E-state index in [9.17, 15) is 4.79 Å². The molecular formula is C18H20ClN3O3. The zero-order chi connectivity index (χ0) is 17.8. The van der Waals surface area contributed by atoms with Crippen molar-refractivity contribution < 1.29 is 14.3 Å². The summed E-state index contributed by atoms with van der Waals surface area (Å²) in [6, 6.07) is 6.82. The molecule has 25 heavy (non-hydrogen) atoms. The summed E-state index contributed by atoms with van der Waals surface area (Å²) in [5.74, 6) is 1.71. The van der Waals surface area contributed by atoms with Gasteiger partial charge in [0.25, 0.3) is 5.91 Å². The van der Waals surface area contributed by atoms with Crippen molar-refractivity contribution in [3.63, 3.8) is 0 Å². The van der Waals surface area contributed by atoms with Crippen LogP contribution in [0.1, 0.15) is 29.0 Å². The van der Waals surface area contributed by atoms with Crippen LogP contribution in [-0.4, -0.2) is 47.1 Å². The molecule has 132 valence electrons. The molecule has 1 aliphatic rings. The van der Waals surface area contributed by atoms with Gasteiger partial charge in [0.1, 0.15) is 17.7 Å². The zero-order valence-electron chi connectivity index (χ0n) is 14.2. The van der Waals surface area contributed by atoms with Gasteiger partial charge >= 0.3 is 0 Å². The normalized spacial score (nSPS) is 15.1. The number of amides is 1. The Morgan fingerprint density at radius 2 is 2.04 bits per heavy atom. The number of hydrogen-bond acceptors (Lipinski definition) is 5. The van der Waals surface area contributed by atoms with Crippen molar-refractivity contribution in [3.8, 4) is 11.6 Å². The first-order chi connectivity index (χ1) is 12.1. The van der Waals surface area contributed by atoms with E-state index >= 15 is 0 Å². The van der Waals surface area contributed by atoms with E-state index in [1.165, 1.54) is 0 Å². The largest absolute Gasteiger partial charge is 0.496 e. The fourth-order valence-corrected chi connectivity index (χ4v) is 3.04. The highest BCUT2D eigenvalue weighted by Crippen LogP contribution is 2.26. The van der Waals surface area contributed by atoms with E-state index in [1.54, 1.807) is 42.5 Å². The van der Waals surface area contributed by atoms with Crippen molar-refractivity contribution in [2.45, 2.75) is 25.9 Å². The molecule has 6 nitrogen and oxygen atoms in total. The Labute approximate surface area is 151 Å². The van der Waals surface area contributed by atoms with Gasteiger partial charge in [-0.25, -0.2) is 4.98 Å². The summed E-state index contributed by atoms with van der Waals surface area (Å²) in [4.78, 5) is 22.9. The molecule has 0 atom stereocenters. The van der Waals surface area contributed by atoms with E-state index in [2.05, 4.69) is 9.97 Å². The Hall–Kier alpha value is -2.34. The number of methoxy groups -OCH3 is 1. The number of halogens is 1. The molecule has 3 rings (SSSR count). The third-order valence-corrected chi connectivity index (χ3v) is 4.39. The summed E-state index contributed by atoms with van der Waals surface area (Å²) in [5, 5.41) is 0.515. The smallest absolute Gasteiger partial charge is 0.257 e. The molecule has 2 heterocycles. The van der Waals surface area contributed by atoms with Gasteiger partial charge in [0.2, 0.25) is 5.88 Å². The third kappa shape index (κ3) is 4.20. The number of piperidine rings is 1. The maximum absolute atomic E-state index is 12.8. The lowest BCUT2D eigenvalue weighted by atomic mass is 10.1. The molecule has 1 fully saturated rings. The number of likely N-dealkylation sites (tertiary alicyclic amines) is 1. The molecule has 1 amide bonds. The second kappa shape index (κ2) is 7.70. The predicted molar refractivity (Wildman–Crippen MR) is 94.3 cm³/mol. The van der Waals surface area contributed by atoms with Crippen LogP contribution in [0.4, 0.5) is 0 Å². The Morgan fingerprint density at radius 1 is 1.28 bits per heavy atom. The summed E-state index contributed by atoms with van der Waals surface area (Å²) in [5.41, 5.74) is 0.487. The van der Waals surface area contributed by atoms with Crippen molar-refractivity contribution in [2.75, 3.05) is 20.2 Å². The first-order valence-electron chi connectivity index (χ1n) is 8.16. The Kier molecular flexibility index (Phi) is 5.38. The summed E-state index contributed by atoms with van der Waals surface area (Å²) in [6.07, 6.45) is 3.22. The Balaban J connectivity index is 1.62. The van der Waals surface area contributed by atoms with Gasteiger partial charge in [-0.2, -0.15) is 4.98 Å². The van der Waals surface area contributed by atoms with Crippen molar-refractivity contribution in [1.29, 1.82) is 0 Å². The number of aromatic nitrogens is 2. The molecular weight excluding hydrogens is 342 g/mol. The van der Waals surface area contributed by atoms with Crippen LogP contribution in [0.25, 0.3) is 0 Å². The lowest BCUT2D eigenvalue weighted by Crippen LogP contribution is -2.42. The molecule has 0 bridgehead atoms. The van der Waals surface area contributed by atoms with Crippen LogP contribution in [0.15, 0.2) is 30.5 Å². The number of ether oxygens (including phenoxy) is 2. The molecule has 0 unspecified atom stereocenters. The maximum Gasteiger partial charge on any atom is 0.257 e. The van der Waals surface area contributed by atoms with Gasteiger partial charge in [-0.15, -0.1) is 0 Å². The summed E-state index contributed by atoms with van der Waals surface area (Å²) in [7, 11) is 1.55. The van der Waals surface area contributed by atoms with E-state index in [0.29, 0.717) is 41.1 Å². The van der Waals surface area contributed by atoms with E-state index in [4.69, 9.17) is 21.1 Å². The lowest BCUT2D eigenvalue weighted by molar-refractivity contribution is 0.0584. The minimum Gasteiger partial charge on any atom is -0.496 e. The van der Waals surface area contributed by atoms with Crippen LogP contribution in [-0.2, 0) is 0 Å². The second-order valence-electron chi connectivity index (χ2n) is 5.90. The molecule has 1 saturated heterocycles. The minimum atomic E-state index is -0.0734. The van der Waals surface area contributed by atoms with E-state index in [1.807, 2.05) is 6.92 Å². The highest BCUT2D eigenvalue weighted by Gasteiger charge is 2.26. The number of nitrogens with zero attached hydrogens (tertiary/aromatic N) is 3. The molecule has 0 radical (unpaired) electrons. The van der Waals surface area contributed by atoms with E-state index in [0.717, 1.165) is 12.8 Å². The lowest BCUT2D eigenvalue weighted by Gasteiger charge is -2.32. The fraction of sp³-hybridized carbons (Fsp3) is 0.389. The van der Waals surface area contributed by atoms with Crippen molar-refractivity contribution >= 4 is 17.5 Å². The predicted octanol–water partition coefficient (Wildman–Crippen LogP) is 3.13. The number of carbonyl (C=O) groups excluding carboxylic acids is 1. The first kappa shape index (κ1) is 17.5. The van der Waals surface area contributed by atoms with Crippen LogP contribution in [0.5, 0.6) is 11.6 Å². The summed E-state index contributed by atoms with van der Waals surface area (Å²) < 4.78 is 11.2. The monoisotopic (exact) mass is 361 g/mol.